The topological polar surface area (TPSA) is 87.6 Å². The minimum atomic E-state index is -0.398. The summed E-state index contributed by atoms with van der Waals surface area (Å²) >= 11 is 0. The molecule has 0 spiro atoms. The van der Waals surface area contributed by atoms with Crippen molar-refractivity contribution in [2.24, 2.45) is 17.8 Å². The standard InChI is InChI=1S/C26H36N4O4/c1-17(2)18(3)28-12-14-29(15-13-28)24(31)20-10-8-19(9-11-20)16-30-25(32)23-21(27-26(30)33)6-5-7-22(23)34-4/h5-7,17,19-20H,3,8-16H2,1-2,4H3,(H,27,33)/t19-,20-. The first-order valence-electron chi connectivity index (χ1n) is 12.3. The number of fused-ring (bicyclic) bond motifs is 1. The number of amides is 1. The molecule has 2 fully saturated rings. The molecule has 0 atom stereocenters. The molecule has 8 heteroatoms. The van der Waals surface area contributed by atoms with Crippen molar-refractivity contribution < 1.29 is 9.53 Å². The Hall–Kier alpha value is -3.03. The summed E-state index contributed by atoms with van der Waals surface area (Å²) in [4.78, 5) is 45.9. The Labute approximate surface area is 200 Å². The monoisotopic (exact) mass is 468 g/mol. The van der Waals surface area contributed by atoms with Crippen LogP contribution in [0.25, 0.3) is 10.9 Å². The van der Waals surface area contributed by atoms with Crippen molar-refractivity contribution >= 4 is 16.8 Å². The van der Waals surface area contributed by atoms with Crippen LogP contribution >= 0.6 is 0 Å². The second-order valence-electron chi connectivity index (χ2n) is 9.90. The van der Waals surface area contributed by atoms with Gasteiger partial charge in [-0.15, -0.1) is 0 Å². The minimum Gasteiger partial charge on any atom is -0.496 e. The lowest BCUT2D eigenvalue weighted by molar-refractivity contribution is -0.138. The lowest BCUT2D eigenvalue weighted by atomic mass is 9.81. The lowest BCUT2D eigenvalue weighted by Crippen LogP contribution is -2.50. The second-order valence-corrected chi connectivity index (χ2v) is 9.90. The van der Waals surface area contributed by atoms with Gasteiger partial charge in [0.15, 0.2) is 0 Å². The van der Waals surface area contributed by atoms with Crippen molar-refractivity contribution in [1.82, 2.24) is 19.4 Å². The van der Waals surface area contributed by atoms with Gasteiger partial charge < -0.3 is 19.5 Å². The number of nitrogens with one attached hydrogen (secondary N) is 1. The van der Waals surface area contributed by atoms with Crippen molar-refractivity contribution in [1.29, 1.82) is 0 Å². The number of carbonyl (C=O) groups is 1. The number of benzene rings is 1. The van der Waals surface area contributed by atoms with Crippen LogP contribution in [0.15, 0.2) is 40.1 Å². The largest absolute Gasteiger partial charge is 0.496 e. The number of methoxy groups -OCH3 is 1. The van der Waals surface area contributed by atoms with Gasteiger partial charge in [-0.2, -0.15) is 0 Å². The van der Waals surface area contributed by atoms with E-state index in [2.05, 4.69) is 30.3 Å². The number of nitrogens with zero attached hydrogens (tertiary/aromatic N) is 3. The van der Waals surface area contributed by atoms with Gasteiger partial charge in [-0.1, -0.05) is 26.5 Å². The number of H-pyrrole nitrogens is 1. The van der Waals surface area contributed by atoms with Gasteiger partial charge >= 0.3 is 5.69 Å². The van der Waals surface area contributed by atoms with Gasteiger partial charge in [-0.25, -0.2) is 4.79 Å². The molecular weight excluding hydrogens is 432 g/mol. The molecule has 34 heavy (non-hydrogen) atoms. The highest BCUT2D eigenvalue weighted by Crippen LogP contribution is 2.31. The maximum Gasteiger partial charge on any atom is 0.328 e. The molecule has 1 saturated carbocycles. The zero-order valence-corrected chi connectivity index (χ0v) is 20.5. The van der Waals surface area contributed by atoms with Crippen molar-refractivity contribution in [3.63, 3.8) is 0 Å². The van der Waals surface area contributed by atoms with E-state index in [-0.39, 0.29) is 23.3 Å². The van der Waals surface area contributed by atoms with Crippen molar-refractivity contribution in [3.05, 3.63) is 51.3 Å². The molecule has 1 N–H and O–H groups in total. The molecule has 0 unspecified atom stereocenters. The van der Waals surface area contributed by atoms with E-state index in [4.69, 9.17) is 4.74 Å². The Morgan fingerprint density at radius 1 is 1.09 bits per heavy atom. The number of aromatic amines is 1. The predicted octanol–water partition coefficient (Wildman–Crippen LogP) is 2.82. The molecule has 8 nitrogen and oxygen atoms in total. The van der Waals surface area contributed by atoms with Crippen LogP contribution in [0, 0.1) is 17.8 Å². The maximum atomic E-state index is 13.1. The molecule has 2 aromatic rings. The first kappa shape index (κ1) is 24.1. The van der Waals surface area contributed by atoms with Crippen LogP contribution in [-0.4, -0.2) is 58.5 Å². The van der Waals surface area contributed by atoms with Crippen LogP contribution in [0.3, 0.4) is 0 Å². The number of ether oxygens (including phenoxy) is 1. The molecule has 1 saturated heterocycles. The van der Waals surface area contributed by atoms with Crippen LogP contribution in [-0.2, 0) is 11.3 Å². The molecule has 1 aromatic heterocycles. The summed E-state index contributed by atoms with van der Waals surface area (Å²) in [6.45, 7) is 12.0. The number of hydrogen-bond donors (Lipinski definition) is 1. The molecule has 4 rings (SSSR count). The molecule has 0 bridgehead atoms. The van der Waals surface area contributed by atoms with Crippen molar-refractivity contribution in [2.75, 3.05) is 33.3 Å². The predicted molar refractivity (Wildman–Crippen MR) is 133 cm³/mol. The van der Waals surface area contributed by atoms with Crippen LogP contribution in [0.5, 0.6) is 5.75 Å². The molecule has 0 radical (unpaired) electrons. The highest BCUT2D eigenvalue weighted by Gasteiger charge is 2.32. The number of aromatic nitrogens is 2. The van der Waals surface area contributed by atoms with Gasteiger partial charge in [0.05, 0.1) is 12.6 Å². The average molecular weight is 469 g/mol. The number of piperazine rings is 1. The fourth-order valence-corrected chi connectivity index (χ4v) is 5.29. The van der Waals surface area contributed by atoms with E-state index >= 15 is 0 Å². The first-order valence-corrected chi connectivity index (χ1v) is 12.3. The maximum absolute atomic E-state index is 13.1. The quantitative estimate of drug-likeness (QED) is 0.704. The zero-order chi connectivity index (χ0) is 24.4. The molecule has 1 amide bonds. The van der Waals surface area contributed by atoms with E-state index in [1.54, 1.807) is 18.2 Å². The van der Waals surface area contributed by atoms with Crippen LogP contribution in [0.2, 0.25) is 0 Å². The van der Waals surface area contributed by atoms with Gasteiger partial charge in [-0.3, -0.25) is 14.2 Å². The summed E-state index contributed by atoms with van der Waals surface area (Å²) in [5.41, 5.74) is 0.904. The molecule has 1 aliphatic heterocycles. The third-order valence-electron chi connectivity index (χ3n) is 7.49. The molecule has 2 heterocycles. The van der Waals surface area contributed by atoms with E-state index in [1.165, 1.54) is 11.7 Å². The fourth-order valence-electron chi connectivity index (χ4n) is 5.29. The van der Waals surface area contributed by atoms with E-state index in [0.717, 1.165) is 57.6 Å². The summed E-state index contributed by atoms with van der Waals surface area (Å²) in [5.74, 6) is 1.35. The number of allylic oxidation sites excluding steroid dienone is 1. The third kappa shape index (κ3) is 4.76. The summed E-state index contributed by atoms with van der Waals surface area (Å²) in [5, 5.41) is 0.396. The van der Waals surface area contributed by atoms with Crippen LogP contribution < -0.4 is 16.0 Å². The minimum absolute atomic E-state index is 0.0304. The Morgan fingerprint density at radius 3 is 2.35 bits per heavy atom. The van der Waals surface area contributed by atoms with Crippen molar-refractivity contribution in [3.8, 4) is 5.75 Å². The molecule has 2 aliphatic rings. The van der Waals surface area contributed by atoms with Gasteiger partial charge in [0.2, 0.25) is 5.91 Å². The van der Waals surface area contributed by atoms with Gasteiger partial charge in [0.25, 0.3) is 5.56 Å². The Balaban J connectivity index is 1.36. The number of rotatable bonds is 6. The van der Waals surface area contributed by atoms with Crippen LogP contribution in [0.4, 0.5) is 0 Å². The smallest absolute Gasteiger partial charge is 0.328 e. The summed E-state index contributed by atoms with van der Waals surface area (Å²) in [6, 6.07) is 5.18. The zero-order valence-electron chi connectivity index (χ0n) is 20.5. The first-order chi connectivity index (χ1) is 16.3. The highest BCUT2D eigenvalue weighted by atomic mass is 16.5. The molecule has 1 aliphatic carbocycles. The lowest BCUT2D eigenvalue weighted by Gasteiger charge is -2.40. The van der Waals surface area contributed by atoms with E-state index in [1.807, 2.05) is 4.90 Å². The summed E-state index contributed by atoms with van der Waals surface area (Å²) in [7, 11) is 1.52. The Morgan fingerprint density at radius 2 is 1.74 bits per heavy atom. The molecule has 1 aromatic carbocycles. The second kappa shape index (κ2) is 10.1. The van der Waals surface area contributed by atoms with Gasteiger partial charge in [0, 0.05) is 44.3 Å². The van der Waals surface area contributed by atoms with Crippen LogP contribution in [0.1, 0.15) is 39.5 Å². The summed E-state index contributed by atoms with van der Waals surface area (Å²) in [6.07, 6.45) is 3.25. The van der Waals surface area contributed by atoms with E-state index in [0.29, 0.717) is 29.1 Å². The van der Waals surface area contributed by atoms with E-state index < -0.39 is 5.69 Å². The van der Waals surface area contributed by atoms with Gasteiger partial charge in [0.1, 0.15) is 11.1 Å². The highest BCUT2D eigenvalue weighted by molar-refractivity contribution is 5.84. The summed E-state index contributed by atoms with van der Waals surface area (Å²) < 4.78 is 6.63. The molecular formula is C26H36N4O4. The Bertz CT molecular complexity index is 1170. The molecule has 184 valence electrons. The number of hydrogen-bond acceptors (Lipinski definition) is 5. The van der Waals surface area contributed by atoms with Gasteiger partial charge in [-0.05, 0) is 49.7 Å². The fraction of sp³-hybridized carbons (Fsp3) is 0.577. The number of carbonyl (C=O) groups excluding carboxylic acids is 1. The average Bonchev–Trinajstić information content (AvgIpc) is 2.85. The normalized spacial score (nSPS) is 21.2. The van der Waals surface area contributed by atoms with Crippen molar-refractivity contribution in [2.45, 2.75) is 46.1 Å². The SMILES string of the molecule is C=C(C(C)C)N1CCN(C(=O)[C@H]2CC[C@H](Cn3c(=O)[nH]c4cccc(OC)c4c3=O)CC2)CC1. The third-order valence-corrected chi connectivity index (χ3v) is 7.49. The van der Waals surface area contributed by atoms with E-state index in [9.17, 15) is 14.4 Å². The Kier molecular flexibility index (Phi) is 7.14.